The smallest absolute Gasteiger partial charge is 0.225 e. The van der Waals surface area contributed by atoms with Gasteiger partial charge in [0.15, 0.2) is 0 Å². The number of carbonyl (C=O) groups excluding carboxylic acids is 1. The average molecular weight is 280 g/mol. The molecule has 1 amide bonds. The number of hydrogen-bond acceptors (Lipinski definition) is 3. The largest absolute Gasteiger partial charge is 0.393 e. The van der Waals surface area contributed by atoms with E-state index in [1.807, 2.05) is 6.92 Å². The molecule has 4 nitrogen and oxygen atoms in total. The Bertz CT molecular complexity index is 448. The minimum atomic E-state index is -0.316. The molecule has 2 rings (SSSR count). The summed E-state index contributed by atoms with van der Waals surface area (Å²) in [7, 11) is 0. The van der Waals surface area contributed by atoms with Crippen molar-refractivity contribution in [1.29, 1.82) is 0 Å². The Hall–Kier alpha value is -1.46. The molecule has 1 aliphatic heterocycles. The van der Waals surface area contributed by atoms with Gasteiger partial charge in [0.05, 0.1) is 6.10 Å². The lowest BCUT2D eigenvalue weighted by atomic mass is 10.0. The van der Waals surface area contributed by atoms with Crippen LogP contribution in [0.15, 0.2) is 24.3 Å². The van der Waals surface area contributed by atoms with Crippen LogP contribution in [0.3, 0.4) is 0 Å². The lowest BCUT2D eigenvalue weighted by Crippen LogP contribution is -2.27. The van der Waals surface area contributed by atoms with Gasteiger partial charge >= 0.3 is 0 Å². The first kappa shape index (κ1) is 14.9. The standard InChI is InChI=1S/C15H21FN2O2/c1-11(19)12-6-8-18(10-12)9-7-15(20)17-14-4-2-13(16)3-5-14/h2-5,11-12,19H,6-10H2,1H3,(H,17,20). The first-order chi connectivity index (χ1) is 9.54. The van der Waals surface area contributed by atoms with E-state index in [4.69, 9.17) is 0 Å². The zero-order valence-corrected chi connectivity index (χ0v) is 11.7. The van der Waals surface area contributed by atoms with E-state index in [9.17, 15) is 14.3 Å². The lowest BCUT2D eigenvalue weighted by Gasteiger charge is -2.17. The molecule has 0 radical (unpaired) electrons. The van der Waals surface area contributed by atoms with Gasteiger partial charge in [-0.25, -0.2) is 4.39 Å². The molecule has 0 saturated carbocycles. The number of aliphatic hydroxyl groups excluding tert-OH is 1. The summed E-state index contributed by atoms with van der Waals surface area (Å²) in [5.74, 6) is -0.0727. The highest BCUT2D eigenvalue weighted by atomic mass is 19.1. The second-order valence-corrected chi connectivity index (χ2v) is 5.40. The highest BCUT2D eigenvalue weighted by molar-refractivity contribution is 5.90. The van der Waals surface area contributed by atoms with Gasteiger partial charge in [-0.3, -0.25) is 4.79 Å². The van der Waals surface area contributed by atoms with Gasteiger partial charge in [0, 0.05) is 25.2 Å². The van der Waals surface area contributed by atoms with E-state index in [2.05, 4.69) is 10.2 Å². The molecular formula is C15H21FN2O2. The summed E-state index contributed by atoms with van der Waals surface area (Å²) in [5, 5.41) is 12.3. The Morgan fingerprint density at radius 3 is 2.80 bits per heavy atom. The van der Waals surface area contributed by atoms with Crippen LogP contribution < -0.4 is 5.32 Å². The number of halogens is 1. The monoisotopic (exact) mass is 280 g/mol. The number of nitrogens with zero attached hydrogens (tertiary/aromatic N) is 1. The summed E-state index contributed by atoms with van der Waals surface area (Å²) in [6, 6.07) is 5.74. The first-order valence-corrected chi connectivity index (χ1v) is 7.00. The summed E-state index contributed by atoms with van der Waals surface area (Å²) in [6.07, 6.45) is 1.11. The number of benzene rings is 1. The predicted molar refractivity (Wildman–Crippen MR) is 75.9 cm³/mol. The SMILES string of the molecule is CC(O)C1CCN(CCC(=O)Nc2ccc(F)cc2)C1. The van der Waals surface area contributed by atoms with E-state index in [0.29, 0.717) is 24.6 Å². The molecule has 5 heteroatoms. The Kier molecular flexibility index (Phi) is 5.09. The molecule has 2 unspecified atom stereocenters. The van der Waals surface area contributed by atoms with E-state index >= 15 is 0 Å². The van der Waals surface area contributed by atoms with Crippen molar-refractivity contribution in [3.8, 4) is 0 Å². The molecule has 1 aromatic carbocycles. The van der Waals surface area contributed by atoms with Crippen LogP contribution in [0, 0.1) is 11.7 Å². The molecular weight excluding hydrogens is 259 g/mol. The maximum atomic E-state index is 12.7. The molecule has 1 saturated heterocycles. The molecule has 2 atom stereocenters. The number of hydrogen-bond donors (Lipinski definition) is 2. The highest BCUT2D eigenvalue weighted by Crippen LogP contribution is 2.19. The fourth-order valence-electron chi connectivity index (χ4n) is 2.48. The van der Waals surface area contributed by atoms with Crippen LogP contribution in [-0.4, -0.2) is 41.7 Å². The molecule has 20 heavy (non-hydrogen) atoms. The van der Waals surface area contributed by atoms with Gasteiger partial charge in [-0.05, 0) is 50.1 Å². The van der Waals surface area contributed by atoms with Gasteiger partial charge in [-0.2, -0.15) is 0 Å². The van der Waals surface area contributed by atoms with Gasteiger partial charge in [0.1, 0.15) is 5.82 Å². The molecule has 1 fully saturated rings. The van der Waals surface area contributed by atoms with Crippen molar-refractivity contribution in [3.63, 3.8) is 0 Å². The minimum Gasteiger partial charge on any atom is -0.393 e. The number of carbonyl (C=O) groups is 1. The molecule has 1 aliphatic rings. The number of anilines is 1. The van der Waals surface area contributed by atoms with Gasteiger partial charge < -0.3 is 15.3 Å². The van der Waals surface area contributed by atoms with Crippen molar-refractivity contribution in [1.82, 2.24) is 4.90 Å². The number of likely N-dealkylation sites (tertiary alicyclic amines) is 1. The quantitative estimate of drug-likeness (QED) is 0.865. The Labute approximate surface area is 118 Å². The fourth-order valence-corrected chi connectivity index (χ4v) is 2.48. The van der Waals surface area contributed by atoms with E-state index in [0.717, 1.165) is 19.5 Å². The van der Waals surface area contributed by atoms with Crippen LogP contribution in [0.2, 0.25) is 0 Å². The summed E-state index contributed by atoms with van der Waals surface area (Å²) in [5.41, 5.74) is 0.611. The van der Waals surface area contributed by atoms with Gasteiger partial charge in [0.25, 0.3) is 0 Å². The third kappa shape index (κ3) is 4.28. The fraction of sp³-hybridized carbons (Fsp3) is 0.533. The number of amides is 1. The van der Waals surface area contributed by atoms with Crippen LogP contribution in [-0.2, 0) is 4.79 Å². The molecule has 0 aliphatic carbocycles. The van der Waals surface area contributed by atoms with E-state index in [1.54, 1.807) is 12.1 Å². The van der Waals surface area contributed by atoms with Crippen molar-refractivity contribution in [2.45, 2.75) is 25.9 Å². The zero-order chi connectivity index (χ0) is 14.5. The van der Waals surface area contributed by atoms with Gasteiger partial charge in [0.2, 0.25) is 5.91 Å². The van der Waals surface area contributed by atoms with Crippen molar-refractivity contribution in [2.24, 2.45) is 5.92 Å². The van der Waals surface area contributed by atoms with Crippen molar-refractivity contribution >= 4 is 11.6 Å². The third-order valence-corrected chi connectivity index (χ3v) is 3.77. The summed E-state index contributed by atoms with van der Waals surface area (Å²) >= 11 is 0. The van der Waals surface area contributed by atoms with Crippen LogP contribution in [0.25, 0.3) is 0 Å². The Morgan fingerprint density at radius 1 is 1.50 bits per heavy atom. The summed E-state index contributed by atoms with van der Waals surface area (Å²) in [6.45, 7) is 4.28. The second-order valence-electron chi connectivity index (χ2n) is 5.40. The van der Waals surface area contributed by atoms with E-state index < -0.39 is 0 Å². The second kappa shape index (κ2) is 6.81. The van der Waals surface area contributed by atoms with Crippen LogP contribution in [0.5, 0.6) is 0 Å². The number of rotatable bonds is 5. The Morgan fingerprint density at radius 2 is 2.20 bits per heavy atom. The van der Waals surface area contributed by atoms with Crippen LogP contribution in [0.4, 0.5) is 10.1 Å². The molecule has 0 bridgehead atoms. The van der Waals surface area contributed by atoms with E-state index in [1.165, 1.54) is 12.1 Å². The van der Waals surface area contributed by atoms with Gasteiger partial charge in [-0.15, -0.1) is 0 Å². The molecule has 2 N–H and O–H groups in total. The van der Waals surface area contributed by atoms with Crippen LogP contribution >= 0.6 is 0 Å². The van der Waals surface area contributed by atoms with Crippen molar-refractivity contribution in [3.05, 3.63) is 30.1 Å². The van der Waals surface area contributed by atoms with Crippen molar-refractivity contribution < 1.29 is 14.3 Å². The Balaban J connectivity index is 1.72. The molecule has 0 spiro atoms. The highest BCUT2D eigenvalue weighted by Gasteiger charge is 2.25. The molecule has 110 valence electrons. The minimum absolute atomic E-state index is 0.0721. The molecule has 1 aromatic rings. The topological polar surface area (TPSA) is 52.6 Å². The molecule has 1 heterocycles. The third-order valence-electron chi connectivity index (χ3n) is 3.77. The maximum Gasteiger partial charge on any atom is 0.225 e. The first-order valence-electron chi connectivity index (χ1n) is 7.00. The maximum absolute atomic E-state index is 12.7. The predicted octanol–water partition coefficient (Wildman–Crippen LogP) is 1.86. The van der Waals surface area contributed by atoms with E-state index in [-0.39, 0.29) is 17.8 Å². The number of aliphatic hydroxyl groups is 1. The normalized spacial score (nSPS) is 20.9. The summed E-state index contributed by atoms with van der Waals surface area (Å²) in [4.78, 5) is 14.0. The van der Waals surface area contributed by atoms with Crippen molar-refractivity contribution in [2.75, 3.05) is 25.0 Å². The van der Waals surface area contributed by atoms with Crippen LogP contribution in [0.1, 0.15) is 19.8 Å². The lowest BCUT2D eigenvalue weighted by molar-refractivity contribution is -0.116. The van der Waals surface area contributed by atoms with Gasteiger partial charge in [-0.1, -0.05) is 0 Å². The number of nitrogens with one attached hydrogen (secondary N) is 1. The summed E-state index contributed by atoms with van der Waals surface area (Å²) < 4.78 is 12.7. The molecule has 0 aromatic heterocycles. The average Bonchev–Trinajstić information content (AvgIpc) is 2.88. The zero-order valence-electron chi connectivity index (χ0n) is 11.7.